The van der Waals surface area contributed by atoms with Gasteiger partial charge in [0.15, 0.2) is 16.9 Å². The molecule has 0 radical (unpaired) electrons. The molecular weight excluding hydrogens is 480 g/mol. The Kier molecular flexibility index (Phi) is 7.53. The number of nitrogens with one attached hydrogen (secondary N) is 2. The molecule has 2 heterocycles. The number of halogens is 1. The molecular formula is C14H17ClN6O8S2. The maximum atomic E-state index is 12.7. The van der Waals surface area contributed by atoms with Crippen molar-refractivity contribution >= 4 is 67.7 Å². The summed E-state index contributed by atoms with van der Waals surface area (Å²) in [6, 6.07) is -3.29. The van der Waals surface area contributed by atoms with Crippen molar-refractivity contribution in [2.75, 3.05) is 32.4 Å². The van der Waals surface area contributed by atoms with Crippen molar-refractivity contribution in [1.29, 1.82) is 0 Å². The van der Waals surface area contributed by atoms with E-state index in [9.17, 15) is 32.1 Å². The molecule has 1 fully saturated rings. The molecule has 1 aliphatic heterocycles. The number of aromatic nitrogens is 1. The maximum absolute atomic E-state index is 12.7. The van der Waals surface area contributed by atoms with Crippen molar-refractivity contribution in [3.63, 3.8) is 0 Å². The Bertz CT molecular complexity index is 1040. The fourth-order valence-electron chi connectivity index (χ4n) is 2.47. The topological polar surface area (TPSA) is 188 Å². The fourth-order valence-corrected chi connectivity index (χ4v) is 4.08. The van der Waals surface area contributed by atoms with Gasteiger partial charge in [-0.15, -0.1) is 22.9 Å². The Hall–Kier alpha value is -2.82. The number of anilines is 1. The first kappa shape index (κ1) is 24.4. The van der Waals surface area contributed by atoms with Crippen LogP contribution in [0.15, 0.2) is 10.5 Å². The minimum atomic E-state index is -5.04. The van der Waals surface area contributed by atoms with Gasteiger partial charge in [0.05, 0.1) is 0 Å². The average Bonchev–Trinajstić information content (AvgIpc) is 3.13. The highest BCUT2D eigenvalue weighted by atomic mass is 35.5. The number of amides is 4. The summed E-state index contributed by atoms with van der Waals surface area (Å²) in [4.78, 5) is 58.2. The summed E-state index contributed by atoms with van der Waals surface area (Å²) in [7, 11) is -1.29. The van der Waals surface area contributed by atoms with Gasteiger partial charge in [-0.05, 0) is 0 Å². The van der Waals surface area contributed by atoms with Gasteiger partial charge >= 0.3 is 10.3 Å². The van der Waals surface area contributed by atoms with Crippen molar-refractivity contribution in [2.24, 2.45) is 5.16 Å². The van der Waals surface area contributed by atoms with Crippen LogP contribution in [-0.4, -0.2) is 95.7 Å². The molecule has 2 rings (SSSR count). The number of oxime groups is 1. The van der Waals surface area contributed by atoms with E-state index in [0.29, 0.717) is 0 Å². The Labute approximate surface area is 185 Å². The quantitative estimate of drug-likeness (QED) is 0.123. The summed E-state index contributed by atoms with van der Waals surface area (Å²) in [6.07, 6.45) is 0. The Balaban J connectivity index is 2.27. The molecule has 0 saturated carbocycles. The summed E-state index contributed by atoms with van der Waals surface area (Å²) in [5.41, 5.74) is -0.456. The van der Waals surface area contributed by atoms with Crippen LogP contribution in [0.2, 0.25) is 0 Å². The molecule has 170 valence electrons. The van der Waals surface area contributed by atoms with Crippen LogP contribution >= 0.6 is 22.9 Å². The summed E-state index contributed by atoms with van der Waals surface area (Å²) in [6.45, 7) is 0. The number of carbonyl (C=O) groups is 4. The number of hydrogen-bond donors (Lipinski definition) is 3. The number of likely N-dealkylation sites (N-methyl/N-ethyl adjacent to an activating group) is 1. The first-order chi connectivity index (χ1) is 14.4. The zero-order chi connectivity index (χ0) is 23.5. The predicted molar refractivity (Wildman–Crippen MR) is 108 cm³/mol. The lowest BCUT2D eigenvalue weighted by atomic mass is 9.97. The molecule has 31 heavy (non-hydrogen) atoms. The second kappa shape index (κ2) is 9.54. The zero-order valence-electron chi connectivity index (χ0n) is 16.2. The summed E-state index contributed by atoms with van der Waals surface area (Å²) < 4.78 is 32.1. The van der Waals surface area contributed by atoms with Gasteiger partial charge in [0.1, 0.15) is 24.7 Å². The van der Waals surface area contributed by atoms with Gasteiger partial charge in [-0.1, -0.05) is 5.16 Å². The van der Waals surface area contributed by atoms with Gasteiger partial charge in [0.2, 0.25) is 11.8 Å². The maximum Gasteiger partial charge on any atom is 0.363 e. The number of β-lactam (4-membered cyclic amide) rings is 1. The largest absolute Gasteiger partial charge is 0.398 e. The van der Waals surface area contributed by atoms with Crippen LogP contribution in [-0.2, 0) is 34.3 Å². The van der Waals surface area contributed by atoms with Crippen LogP contribution in [0, 0.1) is 0 Å². The molecule has 1 saturated heterocycles. The summed E-state index contributed by atoms with van der Waals surface area (Å²) in [5, 5.41) is 9.57. The highest BCUT2D eigenvalue weighted by Crippen LogP contribution is 2.25. The average molecular weight is 497 g/mol. The number of nitrogens with zero attached hydrogens (tertiary/aromatic N) is 4. The van der Waals surface area contributed by atoms with E-state index in [1.165, 1.54) is 19.5 Å². The Morgan fingerprint density at radius 1 is 1.42 bits per heavy atom. The third kappa shape index (κ3) is 5.27. The summed E-state index contributed by atoms with van der Waals surface area (Å²) in [5.74, 6) is -3.95. The smallest absolute Gasteiger partial charge is 0.363 e. The highest BCUT2D eigenvalue weighted by molar-refractivity contribution is 7.84. The van der Waals surface area contributed by atoms with Gasteiger partial charge in [0, 0.05) is 19.5 Å². The molecule has 0 unspecified atom stereocenters. The van der Waals surface area contributed by atoms with Gasteiger partial charge in [-0.25, -0.2) is 4.98 Å². The molecule has 1 aromatic heterocycles. The zero-order valence-corrected chi connectivity index (χ0v) is 18.6. The minimum Gasteiger partial charge on any atom is -0.398 e. The molecule has 1 aromatic rings. The van der Waals surface area contributed by atoms with Crippen molar-refractivity contribution in [1.82, 2.24) is 19.5 Å². The molecule has 2 atom stereocenters. The van der Waals surface area contributed by atoms with Crippen LogP contribution in [0.1, 0.15) is 5.69 Å². The second-order valence-corrected chi connectivity index (χ2v) is 8.50. The van der Waals surface area contributed by atoms with E-state index < -0.39 is 51.7 Å². The van der Waals surface area contributed by atoms with Gasteiger partial charge in [-0.2, -0.15) is 12.7 Å². The summed E-state index contributed by atoms with van der Waals surface area (Å²) >= 11 is 6.35. The van der Waals surface area contributed by atoms with Crippen LogP contribution in [0.3, 0.4) is 0 Å². The monoisotopic (exact) mass is 496 g/mol. The van der Waals surface area contributed by atoms with E-state index in [0.717, 1.165) is 23.3 Å². The first-order valence-corrected chi connectivity index (χ1v) is 11.0. The SMILES string of the molecule is CO/N=C(\C(=O)N[C@H]1C(=O)N(S(=O)(=O)O)[C@H]1C(=O)N(C)C)c1csc(NC(=O)CCl)n1. The minimum absolute atomic E-state index is 0.0317. The van der Waals surface area contributed by atoms with E-state index in [4.69, 9.17) is 11.6 Å². The number of hydrogen-bond acceptors (Lipinski definition) is 10. The molecule has 14 nitrogen and oxygen atoms in total. The lowest BCUT2D eigenvalue weighted by Gasteiger charge is -2.43. The second-order valence-electron chi connectivity index (χ2n) is 6.08. The molecule has 1 aliphatic rings. The van der Waals surface area contributed by atoms with Crippen LogP contribution in [0.4, 0.5) is 5.13 Å². The number of carbonyl (C=O) groups excluding carboxylic acids is 4. The highest BCUT2D eigenvalue weighted by Gasteiger charge is 2.58. The molecule has 0 spiro atoms. The Morgan fingerprint density at radius 2 is 2.06 bits per heavy atom. The molecule has 0 aromatic carbocycles. The van der Waals surface area contributed by atoms with Crippen molar-refractivity contribution in [3.05, 3.63) is 11.1 Å². The van der Waals surface area contributed by atoms with Gasteiger partial charge in [0.25, 0.3) is 11.8 Å². The molecule has 4 amide bonds. The van der Waals surface area contributed by atoms with E-state index >= 15 is 0 Å². The van der Waals surface area contributed by atoms with Crippen LogP contribution in [0.5, 0.6) is 0 Å². The van der Waals surface area contributed by atoms with Crippen molar-refractivity contribution in [2.45, 2.75) is 12.1 Å². The van der Waals surface area contributed by atoms with E-state index in [-0.39, 0.29) is 21.0 Å². The molecule has 0 bridgehead atoms. The van der Waals surface area contributed by atoms with Crippen molar-refractivity contribution < 1.29 is 37.0 Å². The fraction of sp³-hybridized carbons (Fsp3) is 0.429. The lowest BCUT2D eigenvalue weighted by molar-refractivity contribution is -0.155. The third-order valence-electron chi connectivity index (χ3n) is 3.79. The van der Waals surface area contributed by atoms with E-state index in [1.807, 2.05) is 0 Å². The van der Waals surface area contributed by atoms with Crippen molar-refractivity contribution in [3.8, 4) is 0 Å². The van der Waals surface area contributed by atoms with Gasteiger partial charge in [-0.3, -0.25) is 23.7 Å². The predicted octanol–water partition coefficient (Wildman–Crippen LogP) is -1.74. The first-order valence-electron chi connectivity index (χ1n) is 8.18. The van der Waals surface area contributed by atoms with Crippen LogP contribution in [0.25, 0.3) is 0 Å². The van der Waals surface area contributed by atoms with Gasteiger partial charge < -0.3 is 20.4 Å². The number of thiazole rings is 1. The normalized spacial score (nSPS) is 18.8. The number of rotatable bonds is 8. The third-order valence-corrected chi connectivity index (χ3v) is 5.70. The molecule has 3 N–H and O–H groups in total. The van der Waals surface area contributed by atoms with E-state index in [2.05, 4.69) is 25.6 Å². The van der Waals surface area contributed by atoms with E-state index in [1.54, 1.807) is 0 Å². The standard InChI is InChI=1S/C14H17ClN6O8S2/c1-20(2)13(25)10-9(12(24)21(10)31(26,27)28)18-11(23)8(19-29-3)6-5-30-14(16-6)17-7(22)4-15/h5,9-10H,4H2,1-3H3,(H,18,23)(H,16,17,22)(H,26,27,28)/b19-8-/t9-,10-/m1/s1. The Morgan fingerprint density at radius 3 is 2.58 bits per heavy atom. The molecule has 17 heteroatoms. The molecule has 0 aliphatic carbocycles. The number of alkyl halides is 1. The lowest BCUT2D eigenvalue weighted by Crippen LogP contribution is -2.75. The van der Waals surface area contributed by atoms with Crippen LogP contribution < -0.4 is 10.6 Å².